The molecule has 39 heavy (non-hydrogen) atoms. The Morgan fingerprint density at radius 1 is 0.692 bits per heavy atom. The maximum atomic E-state index is 11.4. The number of rotatable bonds is 11. The number of pyridine rings is 2. The van der Waals surface area contributed by atoms with E-state index in [1.54, 1.807) is 12.4 Å². The summed E-state index contributed by atoms with van der Waals surface area (Å²) < 4.78 is 67.9. The van der Waals surface area contributed by atoms with E-state index in [0.717, 1.165) is 11.4 Å². The molecule has 0 aromatic carbocycles. The average Bonchev–Trinajstić information content (AvgIpc) is 2.70. The standard InChI is InChI=1S/C18H24N6O2.Cd.2ClHO4.2H2O/c19-17(25)13-23(11-15-5-1-3-7-21-15)9-10-24(14-18(20)26)12-16-6-2-4-8-22-16;;2*2-1(3,4)5;;/h1-8H,9-14H2,(H2,19,25)(H2,20,26);;2*(H,2,3,4,5);2*1H2/q;+2;;;;/p-1. The first-order chi connectivity index (χ1) is 16.5. The van der Waals surface area contributed by atoms with Crippen LogP contribution in [0.3, 0.4) is 0 Å². The van der Waals surface area contributed by atoms with Gasteiger partial charge in [0.25, 0.3) is 0 Å². The Balaban J connectivity index is -0.000000405. The summed E-state index contributed by atoms with van der Waals surface area (Å²) in [6, 6.07) is 11.2. The molecule has 2 rings (SSSR count). The van der Waals surface area contributed by atoms with Crippen molar-refractivity contribution in [2.45, 2.75) is 13.1 Å². The molecule has 0 aliphatic rings. The molecule has 0 atom stereocenters. The van der Waals surface area contributed by atoms with Crippen LogP contribution in [0, 0.1) is 20.5 Å². The Hall–Kier alpha value is -1.74. The van der Waals surface area contributed by atoms with Crippen molar-refractivity contribution in [3.63, 3.8) is 0 Å². The molecule has 0 radical (unpaired) electrons. The second-order valence-electron chi connectivity index (χ2n) is 6.75. The van der Waals surface area contributed by atoms with Crippen molar-refractivity contribution in [1.82, 2.24) is 19.8 Å². The molecule has 0 aliphatic heterocycles. The Kier molecular flexibility index (Phi) is 26.1. The number of primary amides is 2. The van der Waals surface area contributed by atoms with E-state index in [4.69, 9.17) is 48.7 Å². The van der Waals surface area contributed by atoms with Gasteiger partial charge in [-0.2, -0.15) is 0 Å². The molecule has 218 valence electrons. The van der Waals surface area contributed by atoms with Crippen LogP contribution in [0.1, 0.15) is 11.4 Å². The van der Waals surface area contributed by atoms with Crippen molar-refractivity contribution in [1.29, 1.82) is 0 Å². The van der Waals surface area contributed by atoms with Crippen LogP contribution in [0.15, 0.2) is 48.8 Å². The van der Waals surface area contributed by atoms with Gasteiger partial charge in [-0.1, -0.05) is 12.1 Å². The number of carbonyl (C=O) groups is 2. The molecule has 0 bridgehead atoms. The molecular formula is C18H29CdCl2N6O12+. The quantitative estimate of drug-likeness (QED) is 0.162. The van der Waals surface area contributed by atoms with E-state index in [9.17, 15) is 9.59 Å². The smallest absolute Gasteiger partial charge is 0.457 e. The number of amides is 2. The predicted molar refractivity (Wildman–Crippen MR) is 106 cm³/mol. The van der Waals surface area contributed by atoms with Crippen LogP contribution in [-0.2, 0) is 55.5 Å². The first-order valence-corrected chi connectivity index (χ1v) is 12.0. The van der Waals surface area contributed by atoms with Gasteiger partial charge in [0.1, 0.15) is 0 Å². The molecular weight excluding hydrogens is 676 g/mol. The van der Waals surface area contributed by atoms with Gasteiger partial charge in [0.2, 0.25) is 11.8 Å². The van der Waals surface area contributed by atoms with Gasteiger partial charge in [-0.15, -0.1) is 20.5 Å². The first kappa shape index (κ1) is 44.3. The fourth-order valence-electron chi connectivity index (χ4n) is 2.59. The maximum Gasteiger partial charge on any atom is 2.00 e. The Morgan fingerprint density at radius 3 is 1.18 bits per heavy atom. The van der Waals surface area contributed by atoms with Gasteiger partial charge in [-0.3, -0.25) is 29.4 Å². The van der Waals surface area contributed by atoms with Gasteiger partial charge >= 0.3 is 27.3 Å². The van der Waals surface area contributed by atoms with Crippen LogP contribution in [0.4, 0.5) is 0 Å². The average molecular weight is 705 g/mol. The van der Waals surface area contributed by atoms with Gasteiger partial charge in [-0.25, -0.2) is 37.3 Å². The molecule has 0 aliphatic carbocycles. The van der Waals surface area contributed by atoms with E-state index in [0.29, 0.717) is 26.2 Å². The zero-order chi connectivity index (χ0) is 27.8. The number of nitrogens with two attached hydrogens (primary N) is 2. The zero-order valence-corrected chi connectivity index (χ0v) is 26.0. The van der Waals surface area contributed by atoms with Crippen LogP contribution >= 0.6 is 0 Å². The van der Waals surface area contributed by atoms with E-state index < -0.39 is 32.3 Å². The summed E-state index contributed by atoms with van der Waals surface area (Å²) in [4.78, 5) is 35.1. The number of hydrogen-bond acceptors (Lipinski definition) is 14. The summed E-state index contributed by atoms with van der Waals surface area (Å²) >= 11 is 0. The fourth-order valence-corrected chi connectivity index (χ4v) is 2.59. The summed E-state index contributed by atoms with van der Waals surface area (Å²) in [5, 5.41) is 0. The SMILES string of the molecule is NC(=O)CN(CCN(CC(N)=O)Cc1ccccn1)Cc1ccccn1.O.[Cd+2].[O-][Cl+3]([O-])([O-])[O-].[O-][Cl+3]([O-])([O-])[O-].[OH3+]. The number of hydrogen-bond donors (Lipinski definition) is 2. The minimum Gasteiger partial charge on any atom is -0.457 e. The van der Waals surface area contributed by atoms with Gasteiger partial charge in [0.05, 0.1) is 24.5 Å². The minimum absolute atomic E-state index is 0. The molecule has 0 saturated heterocycles. The Labute approximate surface area is 247 Å². The van der Waals surface area contributed by atoms with E-state index >= 15 is 0 Å². The van der Waals surface area contributed by atoms with Gasteiger partial charge in [0.15, 0.2) is 0 Å². The van der Waals surface area contributed by atoms with Crippen molar-refractivity contribution in [2.75, 3.05) is 26.2 Å². The van der Waals surface area contributed by atoms with Crippen molar-refractivity contribution >= 4 is 11.8 Å². The summed E-state index contributed by atoms with van der Waals surface area (Å²) in [7, 11) is -9.89. The first-order valence-electron chi connectivity index (χ1n) is 9.57. The Bertz CT molecular complexity index is 812. The largest absolute Gasteiger partial charge is 2.00 e. The number of nitrogens with zero attached hydrogens (tertiary/aromatic N) is 4. The Morgan fingerprint density at radius 2 is 0.974 bits per heavy atom. The summed E-state index contributed by atoms with van der Waals surface area (Å²) in [5.74, 6) is -0.820. The van der Waals surface area contributed by atoms with Crippen LogP contribution < -0.4 is 48.7 Å². The second-order valence-corrected chi connectivity index (χ2v) is 8.26. The van der Waals surface area contributed by atoms with Crippen molar-refractivity contribution in [3.05, 3.63) is 60.2 Å². The van der Waals surface area contributed by atoms with Gasteiger partial charge in [0, 0.05) is 38.6 Å². The van der Waals surface area contributed by atoms with E-state index in [1.807, 2.05) is 46.2 Å². The zero-order valence-electron chi connectivity index (χ0n) is 20.4. The van der Waals surface area contributed by atoms with Crippen molar-refractivity contribution < 1.29 is 106 Å². The molecule has 0 unspecified atom stereocenters. The van der Waals surface area contributed by atoms with E-state index in [1.165, 1.54) is 0 Å². The summed E-state index contributed by atoms with van der Waals surface area (Å²) in [6.07, 6.45) is 3.41. The van der Waals surface area contributed by atoms with E-state index in [-0.39, 0.29) is 51.3 Å². The molecule has 2 aromatic heterocycles. The molecule has 21 heteroatoms. The molecule has 9 N–H and O–H groups in total. The summed E-state index contributed by atoms with van der Waals surface area (Å²) in [6.45, 7) is 2.31. The van der Waals surface area contributed by atoms with E-state index in [2.05, 4.69) is 9.97 Å². The molecule has 0 saturated carbocycles. The van der Waals surface area contributed by atoms with Crippen LogP contribution in [0.25, 0.3) is 0 Å². The monoisotopic (exact) mass is 705 g/mol. The third-order valence-electron chi connectivity index (χ3n) is 3.71. The van der Waals surface area contributed by atoms with Crippen molar-refractivity contribution in [2.24, 2.45) is 11.5 Å². The third-order valence-corrected chi connectivity index (χ3v) is 3.71. The molecule has 0 spiro atoms. The predicted octanol–water partition coefficient (Wildman–Crippen LogP) is -11.5. The number of halogens is 2. The van der Waals surface area contributed by atoms with Crippen LogP contribution in [0.2, 0.25) is 0 Å². The number of carbonyl (C=O) groups excluding carboxylic acids is 2. The summed E-state index contributed by atoms with van der Waals surface area (Å²) in [5.41, 5.74) is 12.4. The van der Waals surface area contributed by atoms with Gasteiger partial charge in [-0.05, 0) is 24.3 Å². The second kappa shape index (κ2) is 23.0. The molecule has 2 heterocycles. The van der Waals surface area contributed by atoms with Crippen molar-refractivity contribution in [3.8, 4) is 0 Å². The van der Waals surface area contributed by atoms with Crippen LogP contribution in [0.5, 0.6) is 0 Å². The normalized spacial score (nSPS) is 10.4. The topological polar surface area (TPSA) is 367 Å². The fraction of sp³-hybridized carbons (Fsp3) is 0.333. The van der Waals surface area contributed by atoms with Gasteiger partial charge < -0.3 is 22.4 Å². The maximum absolute atomic E-state index is 11.4. The molecule has 18 nitrogen and oxygen atoms in total. The molecule has 2 amide bonds. The number of aromatic nitrogens is 2. The minimum atomic E-state index is -4.94. The third kappa shape index (κ3) is 34.2. The van der Waals surface area contributed by atoms with Crippen LogP contribution in [-0.4, -0.2) is 63.2 Å². The molecule has 0 fully saturated rings. The molecule has 2 aromatic rings.